The number of hydrogen-bond donors (Lipinski definition) is 1. The van der Waals surface area contributed by atoms with Crippen LogP contribution in [0.1, 0.15) is 5.56 Å². The molecule has 0 saturated heterocycles. The molecule has 0 atom stereocenters. The van der Waals surface area contributed by atoms with E-state index in [1.54, 1.807) is 28.8 Å². The summed E-state index contributed by atoms with van der Waals surface area (Å²) in [5, 5.41) is 9.85. The fourth-order valence-corrected chi connectivity index (χ4v) is 2.62. The van der Waals surface area contributed by atoms with Gasteiger partial charge >= 0.3 is 0 Å². The number of nitriles is 1. The highest BCUT2D eigenvalue weighted by Gasteiger charge is 2.14. The summed E-state index contributed by atoms with van der Waals surface area (Å²) in [5.41, 5.74) is 8.68. The average molecular weight is 348 g/mol. The lowest BCUT2D eigenvalue weighted by Gasteiger charge is -2.09. The zero-order chi connectivity index (χ0) is 14.3. The van der Waals surface area contributed by atoms with E-state index in [0.29, 0.717) is 22.2 Å². The fraction of sp³-hybridized carbons (Fsp3) is 0. The van der Waals surface area contributed by atoms with Gasteiger partial charge in [-0.2, -0.15) is 5.26 Å². The van der Waals surface area contributed by atoms with Gasteiger partial charge in [-0.15, -0.1) is 0 Å². The van der Waals surface area contributed by atoms with Gasteiger partial charge in [0, 0.05) is 9.50 Å². The van der Waals surface area contributed by atoms with Gasteiger partial charge in [0.1, 0.15) is 6.07 Å². The molecule has 2 aromatic carbocycles. The summed E-state index contributed by atoms with van der Waals surface area (Å²) in [6, 6.07) is 12.9. The molecule has 1 heterocycles. The van der Waals surface area contributed by atoms with Crippen LogP contribution in [0.3, 0.4) is 0 Å². The molecule has 0 aliphatic carbocycles. The minimum atomic E-state index is 0.317. The Morgan fingerprint density at radius 2 is 2.05 bits per heavy atom. The Morgan fingerprint density at radius 1 is 1.25 bits per heavy atom. The number of aromatic nitrogens is 2. The van der Waals surface area contributed by atoms with Crippen LogP contribution in [-0.2, 0) is 0 Å². The van der Waals surface area contributed by atoms with Crippen molar-refractivity contribution in [1.29, 1.82) is 5.26 Å². The molecule has 0 unspecified atom stereocenters. The van der Waals surface area contributed by atoms with E-state index in [1.807, 2.05) is 12.1 Å². The van der Waals surface area contributed by atoms with E-state index in [-0.39, 0.29) is 0 Å². The molecule has 0 fully saturated rings. The van der Waals surface area contributed by atoms with Gasteiger partial charge in [-0.1, -0.05) is 27.5 Å². The van der Waals surface area contributed by atoms with Crippen LogP contribution in [0, 0.1) is 11.3 Å². The SMILES string of the molecule is N#Cc1ccc(Br)cc1-n1c(N)nc2ccc(Cl)cc21. The van der Waals surface area contributed by atoms with Gasteiger partial charge in [0.05, 0.1) is 22.3 Å². The predicted molar refractivity (Wildman–Crippen MR) is 82.9 cm³/mol. The highest BCUT2D eigenvalue weighted by Crippen LogP contribution is 2.29. The molecule has 0 saturated carbocycles. The topological polar surface area (TPSA) is 67.6 Å². The predicted octanol–water partition coefficient (Wildman–Crippen LogP) is 3.90. The minimum absolute atomic E-state index is 0.317. The van der Waals surface area contributed by atoms with Crippen molar-refractivity contribution < 1.29 is 0 Å². The maximum Gasteiger partial charge on any atom is 0.205 e. The van der Waals surface area contributed by atoms with Gasteiger partial charge in [0.15, 0.2) is 0 Å². The van der Waals surface area contributed by atoms with Crippen LogP contribution in [0.25, 0.3) is 16.7 Å². The highest BCUT2D eigenvalue weighted by atomic mass is 79.9. The van der Waals surface area contributed by atoms with Crippen molar-refractivity contribution in [3.8, 4) is 11.8 Å². The van der Waals surface area contributed by atoms with Crippen LogP contribution >= 0.6 is 27.5 Å². The summed E-state index contributed by atoms with van der Waals surface area (Å²) in [5.74, 6) is 0.317. The number of anilines is 1. The van der Waals surface area contributed by atoms with Crippen LogP contribution < -0.4 is 5.73 Å². The molecule has 20 heavy (non-hydrogen) atoms. The summed E-state index contributed by atoms with van der Waals surface area (Å²) in [6.07, 6.45) is 0. The fourth-order valence-electron chi connectivity index (χ4n) is 2.10. The summed E-state index contributed by atoms with van der Waals surface area (Å²) in [7, 11) is 0. The Kier molecular flexibility index (Phi) is 3.13. The highest BCUT2D eigenvalue weighted by molar-refractivity contribution is 9.10. The first kappa shape index (κ1) is 13.0. The van der Waals surface area contributed by atoms with Crippen molar-refractivity contribution in [3.05, 3.63) is 51.5 Å². The number of halogens is 2. The van der Waals surface area contributed by atoms with E-state index in [9.17, 15) is 5.26 Å². The first-order valence-corrected chi connectivity index (χ1v) is 6.91. The van der Waals surface area contributed by atoms with Gasteiger partial charge in [-0.25, -0.2) is 4.98 Å². The molecule has 0 aliphatic heterocycles. The zero-order valence-corrected chi connectivity index (χ0v) is 12.5. The standard InChI is InChI=1S/C14H8BrClN4/c15-9-2-1-8(7-17)12(5-9)20-13-6-10(16)3-4-11(13)19-14(20)18/h1-6H,(H2,18,19). The molecule has 2 N–H and O–H groups in total. The zero-order valence-electron chi connectivity index (χ0n) is 10.1. The number of hydrogen-bond acceptors (Lipinski definition) is 3. The summed E-state index contributed by atoms with van der Waals surface area (Å²) in [4.78, 5) is 4.29. The Labute approximate surface area is 128 Å². The van der Waals surface area contributed by atoms with Crippen LogP contribution in [0.4, 0.5) is 5.95 Å². The van der Waals surface area contributed by atoms with E-state index < -0.39 is 0 Å². The first-order valence-electron chi connectivity index (χ1n) is 5.73. The number of rotatable bonds is 1. The summed E-state index contributed by atoms with van der Waals surface area (Å²) >= 11 is 9.44. The van der Waals surface area contributed by atoms with Gasteiger partial charge in [0.25, 0.3) is 0 Å². The minimum Gasteiger partial charge on any atom is -0.369 e. The lowest BCUT2D eigenvalue weighted by atomic mass is 10.2. The molecule has 98 valence electrons. The Hall–Kier alpha value is -2.03. The largest absolute Gasteiger partial charge is 0.369 e. The molecule has 0 spiro atoms. The molecule has 0 aliphatic rings. The lowest BCUT2D eigenvalue weighted by molar-refractivity contribution is 1.10. The second-order valence-electron chi connectivity index (χ2n) is 4.21. The monoisotopic (exact) mass is 346 g/mol. The van der Waals surface area contributed by atoms with E-state index in [0.717, 1.165) is 15.5 Å². The second-order valence-corrected chi connectivity index (χ2v) is 5.56. The van der Waals surface area contributed by atoms with Crippen molar-refractivity contribution in [2.75, 3.05) is 5.73 Å². The number of nitrogen functional groups attached to an aromatic ring is 1. The third-order valence-electron chi connectivity index (χ3n) is 2.96. The van der Waals surface area contributed by atoms with Crippen molar-refractivity contribution >= 4 is 44.5 Å². The number of benzene rings is 2. The Bertz CT molecular complexity index is 863. The molecule has 3 rings (SSSR count). The maximum absolute atomic E-state index is 9.26. The van der Waals surface area contributed by atoms with Crippen molar-refractivity contribution in [1.82, 2.24) is 9.55 Å². The smallest absolute Gasteiger partial charge is 0.205 e. The maximum atomic E-state index is 9.26. The van der Waals surface area contributed by atoms with Crippen LogP contribution in [-0.4, -0.2) is 9.55 Å². The molecule has 1 aromatic heterocycles. The van der Waals surface area contributed by atoms with Crippen molar-refractivity contribution in [3.63, 3.8) is 0 Å². The molecular weight excluding hydrogens is 340 g/mol. The molecule has 0 bridgehead atoms. The molecule has 4 nitrogen and oxygen atoms in total. The third-order valence-corrected chi connectivity index (χ3v) is 3.69. The van der Waals surface area contributed by atoms with E-state index in [4.69, 9.17) is 17.3 Å². The van der Waals surface area contributed by atoms with Gasteiger partial charge < -0.3 is 5.73 Å². The van der Waals surface area contributed by atoms with Crippen molar-refractivity contribution in [2.45, 2.75) is 0 Å². The van der Waals surface area contributed by atoms with Gasteiger partial charge in [0.2, 0.25) is 5.95 Å². The van der Waals surface area contributed by atoms with Crippen LogP contribution in [0.2, 0.25) is 5.02 Å². The van der Waals surface area contributed by atoms with E-state index >= 15 is 0 Å². The van der Waals surface area contributed by atoms with Gasteiger partial charge in [-0.3, -0.25) is 4.57 Å². The summed E-state index contributed by atoms with van der Waals surface area (Å²) in [6.45, 7) is 0. The normalized spacial score (nSPS) is 10.7. The lowest BCUT2D eigenvalue weighted by Crippen LogP contribution is -2.02. The quantitative estimate of drug-likeness (QED) is 0.726. The molecule has 6 heteroatoms. The number of imidazole rings is 1. The molecule has 0 amide bonds. The second kappa shape index (κ2) is 4.82. The number of nitrogens with two attached hydrogens (primary N) is 1. The molecule has 3 aromatic rings. The van der Waals surface area contributed by atoms with Crippen LogP contribution in [0.15, 0.2) is 40.9 Å². The number of fused-ring (bicyclic) bond motifs is 1. The molecular formula is C14H8BrClN4. The Balaban J connectivity index is 2.40. The number of nitrogens with zero attached hydrogens (tertiary/aromatic N) is 3. The first-order chi connectivity index (χ1) is 9.60. The van der Waals surface area contributed by atoms with E-state index in [1.165, 1.54) is 0 Å². The van der Waals surface area contributed by atoms with E-state index in [2.05, 4.69) is 27.0 Å². The van der Waals surface area contributed by atoms with Crippen LogP contribution in [0.5, 0.6) is 0 Å². The van der Waals surface area contributed by atoms with Crippen molar-refractivity contribution in [2.24, 2.45) is 0 Å². The molecule has 0 radical (unpaired) electrons. The average Bonchev–Trinajstić information content (AvgIpc) is 2.74. The van der Waals surface area contributed by atoms with Gasteiger partial charge in [-0.05, 0) is 36.4 Å². The summed E-state index contributed by atoms with van der Waals surface area (Å²) < 4.78 is 2.58. The third kappa shape index (κ3) is 2.03. The Morgan fingerprint density at radius 3 is 2.80 bits per heavy atom.